The second kappa shape index (κ2) is 7.17. The average Bonchev–Trinajstić information content (AvgIpc) is 2.99. The van der Waals surface area contributed by atoms with Crippen molar-refractivity contribution in [3.8, 4) is 0 Å². The van der Waals surface area contributed by atoms with Gasteiger partial charge in [-0.1, -0.05) is 24.3 Å². The minimum Gasteiger partial charge on any atom is -0.341 e. The number of piperazine rings is 1. The molecule has 0 amide bonds. The van der Waals surface area contributed by atoms with Crippen LogP contribution >= 0.6 is 0 Å². The number of rotatable bonds is 4. The minimum atomic E-state index is -4.19. The van der Waals surface area contributed by atoms with Crippen LogP contribution in [-0.2, 0) is 6.54 Å². The minimum absolute atomic E-state index is 0.634. The van der Waals surface area contributed by atoms with Gasteiger partial charge in [0.15, 0.2) is 0 Å². The number of hydrogen-bond acceptors (Lipinski definition) is 2. The predicted molar refractivity (Wildman–Crippen MR) is 103 cm³/mol. The summed E-state index contributed by atoms with van der Waals surface area (Å²) in [6.07, 6.45) is -5.01. The topological polar surface area (TPSA) is 20.2 Å². The lowest BCUT2D eigenvalue weighted by Crippen LogP contribution is -2.46. The number of para-hydroxylation sites is 1. The van der Waals surface area contributed by atoms with Gasteiger partial charge in [0, 0.05) is 60.6 Å². The number of benzene rings is 2. The molecule has 0 bridgehead atoms. The van der Waals surface area contributed by atoms with E-state index < -0.39 is 18.6 Å². The predicted octanol–water partition coefficient (Wildman–Crippen LogP) is 4.71. The van der Waals surface area contributed by atoms with Crippen molar-refractivity contribution in [2.45, 2.75) is 32.1 Å². The monoisotopic (exact) mass is 375 g/mol. The number of nitrogens with one attached hydrogen (secondary N) is 1. The zero-order chi connectivity index (χ0) is 19.0. The largest absolute Gasteiger partial charge is 0.390 e. The zero-order valence-corrected chi connectivity index (χ0v) is 15.4. The van der Waals surface area contributed by atoms with Crippen molar-refractivity contribution in [2.75, 3.05) is 26.2 Å². The molecule has 2 aromatic carbocycles. The fraction of sp³-hybridized carbons (Fsp3) is 0.429. The van der Waals surface area contributed by atoms with E-state index in [-0.39, 0.29) is 0 Å². The summed E-state index contributed by atoms with van der Waals surface area (Å²) in [5.74, 6) is 0. The van der Waals surface area contributed by atoms with E-state index in [1.807, 2.05) is 35.2 Å². The fourth-order valence-electron chi connectivity index (χ4n) is 4.29. The van der Waals surface area contributed by atoms with Gasteiger partial charge in [0.2, 0.25) is 0 Å². The van der Waals surface area contributed by atoms with Gasteiger partial charge in [-0.2, -0.15) is 13.2 Å². The Kier molecular flexibility index (Phi) is 4.86. The van der Waals surface area contributed by atoms with Crippen LogP contribution in [0, 0.1) is 0 Å². The third kappa shape index (κ3) is 3.56. The highest BCUT2D eigenvalue weighted by molar-refractivity contribution is 6.08. The Morgan fingerprint density at radius 2 is 1.70 bits per heavy atom. The summed E-state index contributed by atoms with van der Waals surface area (Å²) in [5, 5.41) is 5.36. The lowest BCUT2D eigenvalue weighted by Gasteiger charge is -2.35. The maximum absolute atomic E-state index is 13.3. The van der Waals surface area contributed by atoms with Crippen LogP contribution in [0.4, 0.5) is 13.2 Å². The first-order valence-electron chi connectivity index (χ1n) is 9.50. The molecule has 0 spiro atoms. The van der Waals surface area contributed by atoms with Gasteiger partial charge in [0.1, 0.15) is 0 Å². The Bertz CT molecular complexity index is 939. The van der Waals surface area contributed by atoms with E-state index in [1.54, 1.807) is 0 Å². The first-order valence-corrected chi connectivity index (χ1v) is 9.50. The molecule has 1 saturated heterocycles. The van der Waals surface area contributed by atoms with Crippen LogP contribution in [0.15, 0.2) is 42.5 Å². The molecule has 0 radical (unpaired) electrons. The molecular formula is C21H24F3N3. The molecule has 3 aromatic rings. The summed E-state index contributed by atoms with van der Waals surface area (Å²) in [5.41, 5.74) is 2.95. The number of aryl methyl sites for hydroxylation is 1. The summed E-state index contributed by atoms with van der Waals surface area (Å²) in [4.78, 5) is 1.96. The number of nitrogens with zero attached hydrogens (tertiary/aromatic N) is 2. The fourth-order valence-corrected chi connectivity index (χ4v) is 4.29. The van der Waals surface area contributed by atoms with Gasteiger partial charge in [0.05, 0.1) is 6.42 Å². The Morgan fingerprint density at radius 3 is 2.41 bits per heavy atom. The van der Waals surface area contributed by atoms with E-state index in [0.717, 1.165) is 47.0 Å². The van der Waals surface area contributed by atoms with E-state index in [9.17, 15) is 13.2 Å². The maximum atomic E-state index is 13.3. The van der Waals surface area contributed by atoms with Crippen molar-refractivity contribution in [3.05, 3.63) is 48.0 Å². The Balaban J connectivity index is 1.83. The molecule has 0 saturated carbocycles. The lowest BCUT2D eigenvalue weighted by molar-refractivity contribution is -0.148. The first kappa shape index (κ1) is 18.3. The second-order valence-electron chi connectivity index (χ2n) is 7.16. The average molecular weight is 375 g/mol. The van der Waals surface area contributed by atoms with Gasteiger partial charge in [0.25, 0.3) is 0 Å². The van der Waals surface area contributed by atoms with Crippen molar-refractivity contribution in [1.29, 1.82) is 0 Å². The highest BCUT2D eigenvalue weighted by Crippen LogP contribution is 2.37. The molecule has 1 aliphatic heterocycles. The summed E-state index contributed by atoms with van der Waals surface area (Å²) in [7, 11) is 0. The van der Waals surface area contributed by atoms with Gasteiger partial charge in [-0.05, 0) is 30.7 Å². The van der Waals surface area contributed by atoms with Crippen molar-refractivity contribution in [3.63, 3.8) is 0 Å². The van der Waals surface area contributed by atoms with Gasteiger partial charge in [-0.25, -0.2) is 0 Å². The molecule has 1 atom stereocenters. The van der Waals surface area contributed by atoms with Crippen molar-refractivity contribution in [2.24, 2.45) is 0 Å². The van der Waals surface area contributed by atoms with Crippen LogP contribution in [0.2, 0.25) is 0 Å². The molecular weight excluding hydrogens is 351 g/mol. The molecule has 4 rings (SSSR count). The SMILES string of the molecule is CCn1c2ccccc2c2cc([C@H](CC(F)(F)F)N3CCNCC3)ccc21. The number of hydrogen-bond donors (Lipinski definition) is 1. The quantitative estimate of drug-likeness (QED) is 0.712. The number of alkyl halides is 3. The third-order valence-electron chi connectivity index (χ3n) is 5.51. The highest BCUT2D eigenvalue weighted by Gasteiger charge is 2.36. The van der Waals surface area contributed by atoms with Crippen molar-refractivity contribution < 1.29 is 13.2 Å². The zero-order valence-electron chi connectivity index (χ0n) is 15.4. The summed E-state index contributed by atoms with van der Waals surface area (Å²) >= 11 is 0. The molecule has 0 unspecified atom stereocenters. The van der Waals surface area contributed by atoms with E-state index in [2.05, 4.69) is 28.9 Å². The molecule has 1 aliphatic rings. The molecule has 1 N–H and O–H groups in total. The van der Waals surface area contributed by atoms with Gasteiger partial charge in [-0.15, -0.1) is 0 Å². The molecule has 0 aliphatic carbocycles. The summed E-state index contributed by atoms with van der Waals surface area (Å²) in [6.45, 7) is 5.64. The lowest BCUT2D eigenvalue weighted by atomic mass is 9.98. The highest BCUT2D eigenvalue weighted by atomic mass is 19.4. The number of halogens is 3. The van der Waals surface area contributed by atoms with Crippen LogP contribution in [-0.4, -0.2) is 41.8 Å². The van der Waals surface area contributed by atoms with Crippen LogP contribution in [0.25, 0.3) is 21.8 Å². The van der Waals surface area contributed by atoms with Gasteiger partial charge >= 0.3 is 6.18 Å². The Hall–Kier alpha value is -2.05. The van der Waals surface area contributed by atoms with Crippen LogP contribution in [0.5, 0.6) is 0 Å². The van der Waals surface area contributed by atoms with E-state index >= 15 is 0 Å². The second-order valence-corrected chi connectivity index (χ2v) is 7.16. The van der Waals surface area contributed by atoms with Crippen LogP contribution in [0.3, 0.4) is 0 Å². The molecule has 144 valence electrons. The number of fused-ring (bicyclic) bond motifs is 3. The maximum Gasteiger partial charge on any atom is 0.390 e. The molecule has 1 fully saturated rings. The number of aromatic nitrogens is 1. The normalized spacial score (nSPS) is 17.6. The van der Waals surface area contributed by atoms with E-state index in [1.165, 1.54) is 0 Å². The van der Waals surface area contributed by atoms with E-state index in [4.69, 9.17) is 0 Å². The summed E-state index contributed by atoms with van der Waals surface area (Å²) < 4.78 is 42.2. The first-order chi connectivity index (χ1) is 13.0. The van der Waals surface area contributed by atoms with Crippen molar-refractivity contribution in [1.82, 2.24) is 14.8 Å². The smallest absolute Gasteiger partial charge is 0.341 e. The molecule has 3 nitrogen and oxygen atoms in total. The molecule has 2 heterocycles. The molecule has 1 aromatic heterocycles. The van der Waals surface area contributed by atoms with Crippen molar-refractivity contribution >= 4 is 21.8 Å². The van der Waals surface area contributed by atoms with E-state index in [0.29, 0.717) is 13.1 Å². The third-order valence-corrected chi connectivity index (χ3v) is 5.51. The molecule has 27 heavy (non-hydrogen) atoms. The van der Waals surface area contributed by atoms with Crippen LogP contribution in [0.1, 0.15) is 24.9 Å². The standard InChI is InChI=1S/C21H24F3N3/c1-2-27-18-6-4-3-5-16(18)17-13-15(7-8-19(17)27)20(14-21(22,23)24)26-11-9-25-10-12-26/h3-8,13,20,25H,2,9-12,14H2,1H3/t20-/m0/s1. The van der Waals surface area contributed by atoms with Crippen LogP contribution < -0.4 is 5.32 Å². The molecule has 6 heteroatoms. The van der Waals surface area contributed by atoms with Gasteiger partial charge < -0.3 is 9.88 Å². The van der Waals surface area contributed by atoms with Gasteiger partial charge in [-0.3, -0.25) is 4.90 Å². The Morgan fingerprint density at radius 1 is 1.00 bits per heavy atom. The summed E-state index contributed by atoms with van der Waals surface area (Å²) in [6, 6.07) is 13.3. The Labute approximate surface area is 156 Å².